The summed E-state index contributed by atoms with van der Waals surface area (Å²) in [6, 6.07) is 64.2. The summed E-state index contributed by atoms with van der Waals surface area (Å²) in [7, 11) is 0. The predicted octanol–water partition coefficient (Wildman–Crippen LogP) is 13.7. The van der Waals surface area contributed by atoms with E-state index in [-0.39, 0.29) is 0 Å². The van der Waals surface area contributed by atoms with Crippen LogP contribution in [0.25, 0.3) is 82.5 Å². The summed E-state index contributed by atoms with van der Waals surface area (Å²) in [5.41, 5.74) is 12.2. The van der Waals surface area contributed by atoms with Gasteiger partial charge in [0.1, 0.15) is 22.3 Å². The fourth-order valence-corrected chi connectivity index (χ4v) is 8.15. The number of para-hydroxylation sites is 4. The second-order valence-electron chi connectivity index (χ2n) is 13.3. The van der Waals surface area contributed by atoms with Crippen molar-refractivity contribution in [1.82, 2.24) is 4.57 Å². The molecule has 0 aliphatic heterocycles. The lowest BCUT2D eigenvalue weighted by Gasteiger charge is -2.27. The van der Waals surface area contributed by atoms with Crippen LogP contribution >= 0.6 is 0 Å². The van der Waals surface area contributed by atoms with E-state index in [9.17, 15) is 0 Å². The Hall–Kier alpha value is -7.04. The molecule has 11 rings (SSSR count). The van der Waals surface area contributed by atoms with Gasteiger partial charge in [-0.2, -0.15) is 0 Å². The van der Waals surface area contributed by atoms with Crippen molar-refractivity contribution in [3.8, 4) is 16.8 Å². The average Bonchev–Trinajstić information content (AvgIpc) is 3.89. The van der Waals surface area contributed by atoms with Gasteiger partial charge in [-0.15, -0.1) is 0 Å². The molecule has 0 aliphatic rings. The molecule has 0 saturated carbocycles. The van der Waals surface area contributed by atoms with E-state index < -0.39 is 0 Å². The second-order valence-corrected chi connectivity index (χ2v) is 13.3. The highest BCUT2D eigenvalue weighted by Gasteiger charge is 2.25. The maximum Gasteiger partial charge on any atom is 0.145 e. The first-order valence-corrected chi connectivity index (χ1v) is 17.6. The Morgan fingerprint density at radius 3 is 1.83 bits per heavy atom. The van der Waals surface area contributed by atoms with E-state index in [0.29, 0.717) is 0 Å². The van der Waals surface area contributed by atoms with Crippen LogP contribution < -0.4 is 4.90 Å². The molecule has 3 aromatic heterocycles. The minimum atomic E-state index is 0.847. The molecule has 0 fully saturated rings. The molecular formula is C48H30N2O2. The summed E-state index contributed by atoms with van der Waals surface area (Å²) in [6.07, 6.45) is 0. The highest BCUT2D eigenvalue weighted by Crippen LogP contribution is 2.49. The molecule has 0 N–H and O–H groups in total. The minimum absolute atomic E-state index is 0.847. The van der Waals surface area contributed by atoms with E-state index in [1.54, 1.807) is 0 Å². The zero-order valence-corrected chi connectivity index (χ0v) is 28.0. The third-order valence-corrected chi connectivity index (χ3v) is 10.4. The molecule has 4 heteroatoms. The zero-order chi connectivity index (χ0) is 34.2. The van der Waals surface area contributed by atoms with Crippen LogP contribution in [0.3, 0.4) is 0 Å². The van der Waals surface area contributed by atoms with Gasteiger partial charge < -0.3 is 18.3 Å². The number of fused-ring (bicyclic) bond motifs is 9. The summed E-state index contributed by atoms with van der Waals surface area (Å²) < 4.78 is 15.6. The monoisotopic (exact) mass is 666 g/mol. The Labute approximate surface area is 299 Å². The summed E-state index contributed by atoms with van der Waals surface area (Å²) in [4.78, 5) is 2.40. The summed E-state index contributed by atoms with van der Waals surface area (Å²) in [6.45, 7) is 0. The molecule has 0 amide bonds. The second kappa shape index (κ2) is 11.2. The number of hydrogen-bond donors (Lipinski definition) is 0. The number of furan rings is 2. The highest BCUT2D eigenvalue weighted by molar-refractivity contribution is 6.20. The fourth-order valence-electron chi connectivity index (χ4n) is 8.15. The first-order valence-electron chi connectivity index (χ1n) is 17.6. The minimum Gasteiger partial charge on any atom is -0.456 e. The number of benzene rings is 8. The summed E-state index contributed by atoms with van der Waals surface area (Å²) >= 11 is 0. The lowest BCUT2D eigenvalue weighted by Crippen LogP contribution is -2.11. The van der Waals surface area contributed by atoms with Gasteiger partial charge in [0, 0.05) is 38.5 Å². The Morgan fingerprint density at radius 2 is 1.02 bits per heavy atom. The van der Waals surface area contributed by atoms with Gasteiger partial charge in [0.05, 0.1) is 33.2 Å². The quantitative estimate of drug-likeness (QED) is 0.183. The van der Waals surface area contributed by atoms with Crippen molar-refractivity contribution in [3.05, 3.63) is 182 Å². The van der Waals surface area contributed by atoms with Gasteiger partial charge in [0.15, 0.2) is 0 Å². The van der Waals surface area contributed by atoms with E-state index in [1.165, 1.54) is 16.3 Å². The van der Waals surface area contributed by atoms with Crippen molar-refractivity contribution in [2.24, 2.45) is 0 Å². The Kier molecular flexibility index (Phi) is 6.22. The van der Waals surface area contributed by atoms with Gasteiger partial charge in [0.25, 0.3) is 0 Å². The average molecular weight is 667 g/mol. The van der Waals surface area contributed by atoms with Crippen molar-refractivity contribution >= 4 is 82.7 Å². The van der Waals surface area contributed by atoms with Crippen LogP contribution in [0.15, 0.2) is 191 Å². The largest absolute Gasteiger partial charge is 0.456 e. The molecular weight excluding hydrogens is 637 g/mol. The lowest BCUT2D eigenvalue weighted by atomic mass is 9.99. The molecule has 0 bridgehead atoms. The summed E-state index contributed by atoms with van der Waals surface area (Å²) in [5, 5.41) is 6.66. The van der Waals surface area contributed by atoms with Gasteiger partial charge in [-0.25, -0.2) is 0 Å². The van der Waals surface area contributed by atoms with E-state index in [4.69, 9.17) is 8.83 Å². The maximum absolute atomic E-state index is 6.77. The number of nitrogens with zero attached hydrogens (tertiary/aromatic N) is 2. The third kappa shape index (κ3) is 4.21. The van der Waals surface area contributed by atoms with Crippen molar-refractivity contribution in [2.45, 2.75) is 0 Å². The molecule has 52 heavy (non-hydrogen) atoms. The van der Waals surface area contributed by atoms with E-state index in [0.717, 1.165) is 83.3 Å². The molecule has 3 heterocycles. The van der Waals surface area contributed by atoms with Crippen LogP contribution in [0.2, 0.25) is 0 Å². The third-order valence-electron chi connectivity index (χ3n) is 10.4. The van der Waals surface area contributed by atoms with Crippen LogP contribution in [-0.2, 0) is 0 Å². The molecule has 0 aliphatic carbocycles. The number of rotatable bonds is 5. The highest BCUT2D eigenvalue weighted by atomic mass is 16.3. The molecule has 0 atom stereocenters. The van der Waals surface area contributed by atoms with Gasteiger partial charge in [-0.1, -0.05) is 109 Å². The number of aromatic nitrogens is 1. The van der Waals surface area contributed by atoms with Gasteiger partial charge in [-0.3, -0.25) is 0 Å². The van der Waals surface area contributed by atoms with Crippen LogP contribution in [0.5, 0.6) is 0 Å². The normalized spacial score (nSPS) is 11.8. The number of anilines is 3. The fraction of sp³-hybridized carbons (Fsp3) is 0. The zero-order valence-electron chi connectivity index (χ0n) is 28.0. The molecule has 11 aromatic rings. The van der Waals surface area contributed by atoms with Crippen molar-refractivity contribution in [3.63, 3.8) is 0 Å². The number of hydrogen-bond acceptors (Lipinski definition) is 3. The first-order chi connectivity index (χ1) is 25.8. The molecule has 0 spiro atoms. The SMILES string of the molecule is c1ccc(-c2ccc(N(c3ccc4c(c3)c3ccccc3n4-c3ccccc3)c3cccc4oc5ccccc5c34)c3c2oc2ccccc23)cc1. The van der Waals surface area contributed by atoms with Crippen LogP contribution in [-0.4, -0.2) is 4.57 Å². The van der Waals surface area contributed by atoms with Crippen molar-refractivity contribution in [1.29, 1.82) is 0 Å². The van der Waals surface area contributed by atoms with Gasteiger partial charge in [-0.05, 0) is 78.4 Å². The molecule has 0 saturated heterocycles. The van der Waals surface area contributed by atoms with Gasteiger partial charge >= 0.3 is 0 Å². The standard InChI is InChI=1S/C48H30N2O2/c1-3-14-31(15-4-1)34-27-29-42(47-37-20-9-12-24-44(37)52-48(34)47)50(41-22-13-25-45-46(41)36-19-8-11-23-43(36)51-45)33-26-28-40-38(30-33)35-18-7-10-21-39(35)49(40)32-16-5-2-6-17-32/h1-30H. The predicted molar refractivity (Wildman–Crippen MR) is 215 cm³/mol. The Balaban J connectivity index is 1.26. The van der Waals surface area contributed by atoms with Crippen LogP contribution in [0, 0.1) is 0 Å². The topological polar surface area (TPSA) is 34.5 Å². The van der Waals surface area contributed by atoms with Crippen LogP contribution in [0.1, 0.15) is 0 Å². The molecule has 8 aromatic carbocycles. The van der Waals surface area contributed by atoms with E-state index in [1.807, 2.05) is 18.2 Å². The summed E-state index contributed by atoms with van der Waals surface area (Å²) in [5.74, 6) is 0. The Morgan fingerprint density at radius 1 is 0.404 bits per heavy atom. The van der Waals surface area contributed by atoms with Crippen molar-refractivity contribution in [2.75, 3.05) is 4.90 Å². The molecule has 0 radical (unpaired) electrons. The molecule has 0 unspecified atom stereocenters. The smallest absolute Gasteiger partial charge is 0.145 e. The van der Waals surface area contributed by atoms with Gasteiger partial charge in [0.2, 0.25) is 0 Å². The lowest BCUT2D eigenvalue weighted by molar-refractivity contribution is 0.669. The van der Waals surface area contributed by atoms with E-state index >= 15 is 0 Å². The Bertz CT molecular complexity index is 3130. The molecule has 4 nitrogen and oxygen atoms in total. The first kappa shape index (κ1) is 28.8. The van der Waals surface area contributed by atoms with Crippen LogP contribution in [0.4, 0.5) is 17.1 Å². The molecule has 244 valence electrons. The van der Waals surface area contributed by atoms with Crippen molar-refractivity contribution < 1.29 is 8.83 Å². The maximum atomic E-state index is 6.77. The van der Waals surface area contributed by atoms with E-state index in [2.05, 4.69) is 173 Å².